The number of imidazole rings is 1. The van der Waals surface area contributed by atoms with Crippen molar-refractivity contribution in [1.29, 1.82) is 0 Å². The minimum Gasteiger partial charge on any atom is -0.340 e. The molecule has 1 aliphatic heterocycles. The Morgan fingerprint density at radius 1 is 1.42 bits per heavy atom. The quantitative estimate of drug-likeness (QED) is 0.713. The summed E-state index contributed by atoms with van der Waals surface area (Å²) in [6.07, 6.45) is 7.91. The predicted octanol–water partition coefficient (Wildman–Crippen LogP) is 2.12. The van der Waals surface area contributed by atoms with Crippen molar-refractivity contribution in [3.8, 4) is 11.4 Å². The molecule has 0 saturated heterocycles. The Kier molecular flexibility index (Phi) is 3.81. The molecule has 122 valence electrons. The van der Waals surface area contributed by atoms with Crippen LogP contribution in [0.2, 0.25) is 0 Å². The fourth-order valence-corrected chi connectivity index (χ4v) is 3.41. The van der Waals surface area contributed by atoms with Crippen LogP contribution >= 0.6 is 11.8 Å². The number of amides is 1. The fraction of sp³-hybridized carbons (Fsp3) is 0.250. The average molecular weight is 340 g/mol. The third kappa shape index (κ3) is 2.58. The molecule has 3 aromatic heterocycles. The molecule has 0 atom stereocenters. The number of rotatable bonds is 3. The van der Waals surface area contributed by atoms with Gasteiger partial charge in [-0.25, -0.2) is 9.97 Å². The van der Waals surface area contributed by atoms with Crippen LogP contribution in [0.5, 0.6) is 0 Å². The number of nitrogens with zero attached hydrogens (tertiary/aromatic N) is 4. The molecule has 0 fully saturated rings. The number of hydrogen-bond donors (Lipinski definition) is 2. The molecule has 1 amide bonds. The number of thioether (sulfide) groups is 1. The SMILES string of the molecule is CSc1ncccc1C(=O)N1CCc2nc(-c3cn[nH]c3)[nH]c2C1. The van der Waals surface area contributed by atoms with Gasteiger partial charge in [-0.15, -0.1) is 11.8 Å². The topological polar surface area (TPSA) is 90.6 Å². The first-order chi connectivity index (χ1) is 11.8. The molecule has 0 aliphatic carbocycles. The molecule has 1 aliphatic rings. The first-order valence-corrected chi connectivity index (χ1v) is 8.84. The van der Waals surface area contributed by atoms with Gasteiger partial charge in [0.2, 0.25) is 0 Å². The highest BCUT2D eigenvalue weighted by Gasteiger charge is 2.26. The van der Waals surface area contributed by atoms with Crippen molar-refractivity contribution in [1.82, 2.24) is 30.0 Å². The van der Waals surface area contributed by atoms with E-state index in [0.29, 0.717) is 18.7 Å². The van der Waals surface area contributed by atoms with E-state index in [-0.39, 0.29) is 5.91 Å². The molecule has 0 aromatic carbocycles. The number of hydrogen-bond acceptors (Lipinski definition) is 5. The summed E-state index contributed by atoms with van der Waals surface area (Å²) in [4.78, 5) is 26.9. The van der Waals surface area contributed by atoms with E-state index < -0.39 is 0 Å². The van der Waals surface area contributed by atoms with Gasteiger partial charge in [-0.3, -0.25) is 9.89 Å². The van der Waals surface area contributed by atoms with Gasteiger partial charge in [0, 0.05) is 25.4 Å². The maximum atomic E-state index is 12.8. The number of pyridine rings is 1. The van der Waals surface area contributed by atoms with Crippen LogP contribution in [-0.2, 0) is 13.0 Å². The van der Waals surface area contributed by atoms with E-state index in [2.05, 4.69) is 25.1 Å². The van der Waals surface area contributed by atoms with E-state index >= 15 is 0 Å². The fourth-order valence-electron chi connectivity index (χ4n) is 2.87. The van der Waals surface area contributed by atoms with Gasteiger partial charge in [0.05, 0.1) is 35.3 Å². The standard InChI is InChI=1S/C16H16N6OS/c1-24-15-11(3-2-5-17-15)16(23)22-6-4-12-13(9-22)21-14(20-12)10-7-18-19-8-10/h2-3,5,7-8H,4,6,9H2,1H3,(H,18,19)(H,20,21). The normalized spacial score (nSPS) is 13.8. The van der Waals surface area contributed by atoms with E-state index in [1.165, 1.54) is 11.8 Å². The van der Waals surface area contributed by atoms with E-state index in [1.54, 1.807) is 24.7 Å². The molecule has 4 rings (SSSR count). The Balaban J connectivity index is 1.59. The number of nitrogens with one attached hydrogen (secondary N) is 2. The number of carbonyl (C=O) groups is 1. The van der Waals surface area contributed by atoms with E-state index in [1.807, 2.05) is 17.2 Å². The molecule has 24 heavy (non-hydrogen) atoms. The first kappa shape index (κ1) is 14.9. The zero-order valence-corrected chi connectivity index (χ0v) is 13.9. The summed E-state index contributed by atoms with van der Waals surface area (Å²) in [6, 6.07) is 3.63. The molecule has 3 aromatic rings. The number of fused-ring (bicyclic) bond motifs is 1. The lowest BCUT2D eigenvalue weighted by molar-refractivity contribution is 0.0727. The Morgan fingerprint density at radius 2 is 2.33 bits per heavy atom. The van der Waals surface area contributed by atoms with E-state index in [9.17, 15) is 4.79 Å². The second kappa shape index (κ2) is 6.12. The zero-order chi connectivity index (χ0) is 16.5. The molecular formula is C16H16N6OS. The molecule has 0 radical (unpaired) electrons. The third-order valence-electron chi connectivity index (χ3n) is 4.09. The van der Waals surface area contributed by atoms with Gasteiger partial charge in [0.25, 0.3) is 5.91 Å². The van der Waals surface area contributed by atoms with Gasteiger partial charge in [-0.2, -0.15) is 5.10 Å². The first-order valence-electron chi connectivity index (χ1n) is 7.61. The number of H-pyrrole nitrogens is 2. The second-order valence-corrected chi connectivity index (χ2v) is 6.33. The third-order valence-corrected chi connectivity index (χ3v) is 4.80. The van der Waals surface area contributed by atoms with Crippen LogP contribution in [0.1, 0.15) is 21.7 Å². The molecule has 0 saturated carbocycles. The maximum absolute atomic E-state index is 12.8. The number of carbonyl (C=O) groups excluding carboxylic acids is 1. The lowest BCUT2D eigenvalue weighted by Gasteiger charge is -2.26. The summed E-state index contributed by atoms with van der Waals surface area (Å²) in [5.74, 6) is 0.798. The van der Waals surface area contributed by atoms with Crippen molar-refractivity contribution in [2.24, 2.45) is 0 Å². The monoisotopic (exact) mass is 340 g/mol. The Morgan fingerprint density at radius 3 is 3.12 bits per heavy atom. The second-order valence-electron chi connectivity index (χ2n) is 5.53. The largest absolute Gasteiger partial charge is 0.340 e. The molecule has 2 N–H and O–H groups in total. The van der Waals surface area contributed by atoms with E-state index in [4.69, 9.17) is 0 Å². The van der Waals surface area contributed by atoms with Crippen LogP contribution in [0.15, 0.2) is 35.7 Å². The van der Waals surface area contributed by atoms with Crippen molar-refractivity contribution < 1.29 is 4.79 Å². The molecule has 7 nitrogen and oxygen atoms in total. The summed E-state index contributed by atoms with van der Waals surface area (Å²) < 4.78 is 0. The molecule has 4 heterocycles. The number of aromatic nitrogens is 5. The van der Waals surface area contributed by atoms with Crippen LogP contribution in [0.4, 0.5) is 0 Å². The molecule has 0 spiro atoms. The van der Waals surface area contributed by atoms with Gasteiger partial charge in [-0.05, 0) is 18.4 Å². The minimum absolute atomic E-state index is 0.0116. The predicted molar refractivity (Wildman–Crippen MR) is 90.6 cm³/mol. The van der Waals surface area contributed by atoms with Gasteiger partial charge in [0.1, 0.15) is 10.9 Å². The summed E-state index contributed by atoms with van der Waals surface area (Å²) in [5.41, 5.74) is 3.58. The minimum atomic E-state index is 0.0116. The summed E-state index contributed by atoms with van der Waals surface area (Å²) in [6.45, 7) is 1.19. The van der Waals surface area contributed by atoms with Crippen LogP contribution in [0.3, 0.4) is 0 Å². The molecule has 0 unspecified atom stereocenters. The Bertz CT molecular complexity index is 873. The van der Waals surface area contributed by atoms with Gasteiger partial charge in [0.15, 0.2) is 0 Å². The molecule has 0 bridgehead atoms. The summed E-state index contributed by atoms with van der Waals surface area (Å²) in [5, 5.41) is 7.49. The van der Waals surface area contributed by atoms with Crippen molar-refractivity contribution in [2.75, 3.05) is 12.8 Å². The van der Waals surface area contributed by atoms with Gasteiger partial charge >= 0.3 is 0 Å². The number of aromatic amines is 2. The van der Waals surface area contributed by atoms with Crippen molar-refractivity contribution in [2.45, 2.75) is 18.0 Å². The Labute approximate surface area is 142 Å². The smallest absolute Gasteiger partial charge is 0.256 e. The average Bonchev–Trinajstić information content (AvgIpc) is 3.29. The maximum Gasteiger partial charge on any atom is 0.256 e. The zero-order valence-electron chi connectivity index (χ0n) is 13.1. The summed E-state index contributed by atoms with van der Waals surface area (Å²) in [7, 11) is 0. The van der Waals surface area contributed by atoms with Crippen LogP contribution in [-0.4, -0.2) is 48.8 Å². The van der Waals surface area contributed by atoms with Crippen LogP contribution < -0.4 is 0 Å². The van der Waals surface area contributed by atoms with Crippen molar-refractivity contribution >= 4 is 17.7 Å². The van der Waals surface area contributed by atoms with Crippen molar-refractivity contribution in [3.05, 3.63) is 47.7 Å². The van der Waals surface area contributed by atoms with Crippen LogP contribution in [0.25, 0.3) is 11.4 Å². The lowest BCUT2D eigenvalue weighted by Crippen LogP contribution is -2.36. The lowest BCUT2D eigenvalue weighted by atomic mass is 10.1. The highest BCUT2D eigenvalue weighted by Crippen LogP contribution is 2.25. The summed E-state index contributed by atoms with van der Waals surface area (Å²) >= 11 is 1.49. The molecular weight excluding hydrogens is 324 g/mol. The molecule has 8 heteroatoms. The van der Waals surface area contributed by atoms with E-state index in [0.717, 1.165) is 34.2 Å². The highest BCUT2D eigenvalue weighted by atomic mass is 32.2. The van der Waals surface area contributed by atoms with Crippen LogP contribution in [0, 0.1) is 0 Å². The van der Waals surface area contributed by atoms with Crippen molar-refractivity contribution in [3.63, 3.8) is 0 Å². The van der Waals surface area contributed by atoms with Gasteiger partial charge < -0.3 is 9.88 Å². The highest BCUT2D eigenvalue weighted by molar-refractivity contribution is 7.98. The van der Waals surface area contributed by atoms with Gasteiger partial charge in [-0.1, -0.05) is 0 Å². The Hall–Kier alpha value is -2.61.